The maximum Gasteiger partial charge on any atom is 0.317 e. The number of urea groups is 1. The molecule has 1 saturated heterocycles. The van der Waals surface area contributed by atoms with Gasteiger partial charge in [0.15, 0.2) is 0 Å². The SMILES string of the molecule is CCC1(C(=O)O)CCN(C(=O)NC2CC(C)CC(C)C2)C1. The van der Waals surface area contributed by atoms with Gasteiger partial charge in [0.1, 0.15) is 0 Å². The van der Waals surface area contributed by atoms with Crippen LogP contribution in [-0.4, -0.2) is 41.1 Å². The van der Waals surface area contributed by atoms with Crippen LogP contribution in [0, 0.1) is 17.3 Å². The molecule has 1 saturated carbocycles. The largest absolute Gasteiger partial charge is 0.481 e. The van der Waals surface area contributed by atoms with Crippen LogP contribution in [-0.2, 0) is 4.79 Å². The van der Waals surface area contributed by atoms with E-state index in [1.165, 1.54) is 6.42 Å². The molecule has 0 radical (unpaired) electrons. The average Bonchev–Trinajstić information content (AvgIpc) is 2.83. The predicted molar refractivity (Wildman–Crippen MR) is 81.0 cm³/mol. The summed E-state index contributed by atoms with van der Waals surface area (Å²) in [6.07, 6.45) is 4.42. The summed E-state index contributed by atoms with van der Waals surface area (Å²) in [5.41, 5.74) is -0.746. The van der Waals surface area contributed by atoms with E-state index < -0.39 is 11.4 Å². The molecule has 1 aliphatic heterocycles. The van der Waals surface area contributed by atoms with Crippen molar-refractivity contribution < 1.29 is 14.7 Å². The van der Waals surface area contributed by atoms with E-state index in [0.29, 0.717) is 37.8 Å². The number of hydrogen-bond donors (Lipinski definition) is 2. The second-order valence-electron chi connectivity index (χ2n) is 7.17. The number of nitrogens with zero attached hydrogens (tertiary/aromatic N) is 1. The van der Waals surface area contributed by atoms with E-state index in [0.717, 1.165) is 12.8 Å². The van der Waals surface area contributed by atoms with Gasteiger partial charge in [0.05, 0.1) is 5.41 Å². The minimum absolute atomic E-state index is 0.0853. The molecule has 0 spiro atoms. The Morgan fingerprint density at radius 1 is 1.24 bits per heavy atom. The van der Waals surface area contributed by atoms with Gasteiger partial charge in [0, 0.05) is 19.1 Å². The van der Waals surface area contributed by atoms with Crippen LogP contribution in [0.1, 0.15) is 52.9 Å². The maximum absolute atomic E-state index is 12.4. The highest BCUT2D eigenvalue weighted by Gasteiger charge is 2.45. The smallest absolute Gasteiger partial charge is 0.317 e. The zero-order chi connectivity index (χ0) is 15.6. The van der Waals surface area contributed by atoms with Gasteiger partial charge >= 0.3 is 12.0 Å². The Balaban J connectivity index is 1.91. The van der Waals surface area contributed by atoms with Gasteiger partial charge in [-0.15, -0.1) is 0 Å². The van der Waals surface area contributed by atoms with Gasteiger partial charge < -0.3 is 15.3 Å². The number of carboxylic acids is 1. The van der Waals surface area contributed by atoms with Gasteiger partial charge in [0.2, 0.25) is 0 Å². The molecular weight excluding hydrogens is 268 g/mol. The number of carbonyl (C=O) groups excluding carboxylic acids is 1. The molecular formula is C16H28N2O3. The molecule has 2 rings (SSSR count). The molecule has 0 aromatic carbocycles. The molecule has 2 N–H and O–H groups in total. The van der Waals surface area contributed by atoms with E-state index in [1.54, 1.807) is 4.90 Å². The van der Waals surface area contributed by atoms with Crippen molar-refractivity contribution in [1.29, 1.82) is 0 Å². The molecule has 1 heterocycles. The molecule has 0 bridgehead atoms. The molecule has 3 atom stereocenters. The third-order valence-corrected chi connectivity index (χ3v) is 5.28. The fourth-order valence-corrected chi connectivity index (χ4v) is 3.99. The third kappa shape index (κ3) is 3.50. The molecule has 0 aromatic rings. The van der Waals surface area contributed by atoms with E-state index in [1.807, 2.05) is 6.92 Å². The molecule has 2 amide bonds. The van der Waals surface area contributed by atoms with Crippen LogP contribution in [0.2, 0.25) is 0 Å². The lowest BCUT2D eigenvalue weighted by atomic mass is 9.80. The molecule has 1 aliphatic carbocycles. The van der Waals surface area contributed by atoms with Crippen LogP contribution in [0.5, 0.6) is 0 Å². The van der Waals surface area contributed by atoms with Gasteiger partial charge in [-0.1, -0.05) is 20.8 Å². The summed E-state index contributed by atoms with van der Waals surface area (Å²) in [5.74, 6) is 0.512. The Kier molecular flexibility index (Phi) is 4.79. The highest BCUT2D eigenvalue weighted by atomic mass is 16.4. The maximum atomic E-state index is 12.4. The summed E-state index contributed by atoms with van der Waals surface area (Å²) in [7, 11) is 0. The quantitative estimate of drug-likeness (QED) is 0.841. The Bertz CT molecular complexity index is 402. The second kappa shape index (κ2) is 6.24. The number of amides is 2. The lowest BCUT2D eigenvalue weighted by molar-refractivity contribution is -0.148. The molecule has 0 aromatic heterocycles. The predicted octanol–water partition coefficient (Wildman–Crippen LogP) is 2.71. The van der Waals surface area contributed by atoms with E-state index in [9.17, 15) is 14.7 Å². The second-order valence-corrected chi connectivity index (χ2v) is 7.17. The van der Waals surface area contributed by atoms with E-state index in [4.69, 9.17) is 0 Å². The number of nitrogens with one attached hydrogen (secondary N) is 1. The van der Waals surface area contributed by atoms with Crippen LogP contribution < -0.4 is 5.32 Å². The van der Waals surface area contributed by atoms with Crippen molar-refractivity contribution in [3.05, 3.63) is 0 Å². The lowest BCUT2D eigenvalue weighted by Crippen LogP contribution is -2.47. The van der Waals surface area contributed by atoms with Crippen LogP contribution in [0.15, 0.2) is 0 Å². The lowest BCUT2D eigenvalue weighted by Gasteiger charge is -2.33. The number of hydrogen-bond acceptors (Lipinski definition) is 2. The van der Waals surface area contributed by atoms with Crippen LogP contribution in [0.25, 0.3) is 0 Å². The Morgan fingerprint density at radius 3 is 2.33 bits per heavy atom. The van der Waals surface area contributed by atoms with E-state index in [2.05, 4.69) is 19.2 Å². The fraction of sp³-hybridized carbons (Fsp3) is 0.875. The fourth-order valence-electron chi connectivity index (χ4n) is 3.99. The number of rotatable bonds is 3. The summed E-state index contributed by atoms with van der Waals surface area (Å²) >= 11 is 0. The van der Waals surface area contributed by atoms with E-state index >= 15 is 0 Å². The topological polar surface area (TPSA) is 69.6 Å². The Morgan fingerprint density at radius 2 is 1.86 bits per heavy atom. The number of aliphatic carboxylic acids is 1. The molecule has 21 heavy (non-hydrogen) atoms. The van der Waals surface area contributed by atoms with Gasteiger partial charge in [-0.2, -0.15) is 0 Å². The molecule has 2 fully saturated rings. The summed E-state index contributed by atoms with van der Waals surface area (Å²) in [4.78, 5) is 25.5. The van der Waals surface area contributed by atoms with Crippen molar-refractivity contribution in [2.24, 2.45) is 17.3 Å². The number of likely N-dealkylation sites (tertiary alicyclic amines) is 1. The monoisotopic (exact) mass is 296 g/mol. The highest BCUT2D eigenvalue weighted by Crippen LogP contribution is 2.34. The van der Waals surface area contributed by atoms with Gasteiger partial charge in [-0.05, 0) is 43.9 Å². The van der Waals surface area contributed by atoms with Crippen molar-refractivity contribution >= 4 is 12.0 Å². The minimum atomic E-state index is -0.778. The van der Waals surface area contributed by atoms with Crippen molar-refractivity contribution in [2.75, 3.05) is 13.1 Å². The summed E-state index contributed by atoms with van der Waals surface area (Å²) in [6.45, 7) is 7.24. The van der Waals surface area contributed by atoms with Crippen LogP contribution in [0.4, 0.5) is 4.79 Å². The average molecular weight is 296 g/mol. The number of carboxylic acid groups (broad SMARTS) is 1. The van der Waals surface area contributed by atoms with Gasteiger partial charge in [-0.25, -0.2) is 4.79 Å². The van der Waals surface area contributed by atoms with Crippen molar-refractivity contribution in [3.63, 3.8) is 0 Å². The first-order chi connectivity index (χ1) is 9.86. The zero-order valence-corrected chi connectivity index (χ0v) is 13.4. The highest BCUT2D eigenvalue weighted by molar-refractivity contribution is 5.79. The van der Waals surface area contributed by atoms with Crippen molar-refractivity contribution in [3.8, 4) is 0 Å². The summed E-state index contributed by atoms with van der Waals surface area (Å²) < 4.78 is 0. The normalized spacial score (nSPS) is 36.5. The molecule has 3 unspecified atom stereocenters. The summed E-state index contributed by atoms with van der Waals surface area (Å²) in [6, 6.07) is 0.149. The first-order valence-corrected chi connectivity index (χ1v) is 8.15. The zero-order valence-electron chi connectivity index (χ0n) is 13.4. The Hall–Kier alpha value is -1.26. The van der Waals surface area contributed by atoms with Gasteiger partial charge in [-0.3, -0.25) is 4.79 Å². The first kappa shape index (κ1) is 16.1. The molecule has 2 aliphatic rings. The minimum Gasteiger partial charge on any atom is -0.481 e. The first-order valence-electron chi connectivity index (χ1n) is 8.15. The molecule has 5 nitrogen and oxygen atoms in total. The molecule has 120 valence electrons. The standard InChI is InChI=1S/C16H28N2O3/c1-4-16(14(19)20)5-6-18(10-16)15(21)17-13-8-11(2)7-12(3)9-13/h11-13H,4-10H2,1-3H3,(H,17,21)(H,19,20). The van der Waals surface area contributed by atoms with E-state index in [-0.39, 0.29) is 12.1 Å². The van der Waals surface area contributed by atoms with Crippen LogP contribution >= 0.6 is 0 Å². The Labute approximate surface area is 127 Å². The third-order valence-electron chi connectivity index (χ3n) is 5.28. The van der Waals surface area contributed by atoms with Gasteiger partial charge in [0.25, 0.3) is 0 Å². The van der Waals surface area contributed by atoms with Crippen LogP contribution in [0.3, 0.4) is 0 Å². The van der Waals surface area contributed by atoms with Crippen molar-refractivity contribution in [2.45, 2.75) is 58.9 Å². The molecule has 5 heteroatoms. The summed E-state index contributed by atoms with van der Waals surface area (Å²) in [5, 5.41) is 12.5. The number of carbonyl (C=O) groups is 2. The van der Waals surface area contributed by atoms with Crippen molar-refractivity contribution in [1.82, 2.24) is 10.2 Å².